The summed E-state index contributed by atoms with van der Waals surface area (Å²) in [6.07, 6.45) is 0. The van der Waals surface area contributed by atoms with Gasteiger partial charge in [-0.3, -0.25) is 0 Å². The lowest BCUT2D eigenvalue weighted by atomic mass is 9.66. The molecule has 0 unspecified atom stereocenters. The Kier molecular flexibility index (Phi) is 9.95. The Morgan fingerprint density at radius 1 is 0.304 bits per heavy atom. The second kappa shape index (κ2) is 17.4. The Morgan fingerprint density at radius 3 is 1.32 bits per heavy atom. The Balaban J connectivity index is 0.966. The smallest absolute Gasteiger partial charge is 0.159 e. The zero-order valence-electron chi connectivity index (χ0n) is 43.6. The van der Waals surface area contributed by atoms with Gasteiger partial charge in [0.05, 0.1) is 16.8 Å². The van der Waals surface area contributed by atoms with Crippen molar-refractivity contribution in [3.63, 3.8) is 0 Å². The van der Waals surface area contributed by atoms with Crippen molar-refractivity contribution in [3.8, 4) is 11.1 Å². The van der Waals surface area contributed by atoms with Crippen LogP contribution in [0.5, 0.6) is 0 Å². The highest BCUT2D eigenvalue weighted by atomic mass is 16.3. The number of para-hydroxylation sites is 6. The third-order valence-electron chi connectivity index (χ3n) is 16.9. The van der Waals surface area contributed by atoms with Crippen molar-refractivity contribution in [3.05, 3.63) is 300 Å². The average Bonchev–Trinajstić information content (AvgIpc) is 2.62. The Hall–Kier alpha value is -10.2. The van der Waals surface area contributed by atoms with Crippen molar-refractivity contribution in [1.82, 2.24) is 0 Å². The molecule has 2 aromatic heterocycles. The molecule has 13 aromatic carbocycles. The summed E-state index contributed by atoms with van der Waals surface area (Å²) in [5.74, 6) is 0. The molecule has 0 atom stereocenters. The number of aryl methyl sites for hydroxylation is 2. The van der Waals surface area contributed by atoms with Crippen LogP contribution in [0, 0.1) is 13.8 Å². The molecule has 0 saturated carbocycles. The van der Waals surface area contributed by atoms with Crippen LogP contribution in [0.1, 0.15) is 33.4 Å². The number of rotatable bonds is 8. The molecule has 0 saturated heterocycles. The van der Waals surface area contributed by atoms with Gasteiger partial charge < -0.3 is 18.6 Å². The molecule has 0 amide bonds. The van der Waals surface area contributed by atoms with Crippen molar-refractivity contribution < 1.29 is 8.83 Å². The molecule has 4 heteroatoms. The maximum Gasteiger partial charge on any atom is 0.159 e. The van der Waals surface area contributed by atoms with Crippen LogP contribution in [0.4, 0.5) is 34.1 Å². The molecule has 1 aliphatic carbocycles. The van der Waals surface area contributed by atoms with Crippen LogP contribution in [0.25, 0.3) is 87.3 Å². The summed E-state index contributed by atoms with van der Waals surface area (Å²) in [5.41, 5.74) is 18.7. The van der Waals surface area contributed by atoms with E-state index in [1.165, 1.54) is 60.3 Å². The fourth-order valence-corrected chi connectivity index (χ4v) is 13.5. The van der Waals surface area contributed by atoms with Gasteiger partial charge in [0.25, 0.3) is 0 Å². The number of hydrogen-bond donors (Lipinski definition) is 0. The summed E-state index contributed by atoms with van der Waals surface area (Å²) < 4.78 is 13.8. The summed E-state index contributed by atoms with van der Waals surface area (Å²) in [6, 6.07) is 97.9. The van der Waals surface area contributed by atoms with E-state index in [0.717, 1.165) is 94.5 Å². The molecule has 16 rings (SSSR count). The standard InChI is InChI=1S/C75H50N2O2/c1-47-21-17-33-60-62-35-19-37-67(73(62)78-71(47)60)76(53-27-11-5-12-28-53)55-40-39-49-44-65-66(45-50(49)43-55)75(51-23-7-3-8-24-51,52-25-9-4-10-26-52)70-59-42-41-56(46-64(59)57-31-15-16-32-58(57)69(65)70)77(54-29-13-6-14-30-54)68-38-20-36-63-61-34-18-22-48(2)72(61)79-74(63)68/h3-46H,1-2H3. The predicted molar refractivity (Wildman–Crippen MR) is 330 cm³/mol. The van der Waals surface area contributed by atoms with Crippen LogP contribution < -0.4 is 9.80 Å². The van der Waals surface area contributed by atoms with E-state index in [1.807, 2.05) is 0 Å². The fraction of sp³-hybridized carbons (Fsp3) is 0.0400. The molecule has 15 aromatic rings. The first kappa shape index (κ1) is 45.1. The maximum atomic E-state index is 6.90. The van der Waals surface area contributed by atoms with E-state index in [1.54, 1.807) is 0 Å². The lowest BCUT2D eigenvalue weighted by molar-refractivity contribution is 0.665. The Morgan fingerprint density at radius 2 is 0.759 bits per heavy atom. The van der Waals surface area contributed by atoms with Gasteiger partial charge >= 0.3 is 0 Å². The summed E-state index contributed by atoms with van der Waals surface area (Å²) in [4.78, 5) is 4.73. The Bertz CT molecular complexity index is 4880. The first-order valence-electron chi connectivity index (χ1n) is 27.2. The zero-order chi connectivity index (χ0) is 52.3. The van der Waals surface area contributed by atoms with Gasteiger partial charge in [0.1, 0.15) is 11.2 Å². The molecule has 2 heterocycles. The number of hydrogen-bond acceptors (Lipinski definition) is 4. The van der Waals surface area contributed by atoms with Gasteiger partial charge in [-0.2, -0.15) is 0 Å². The monoisotopic (exact) mass is 1010 g/mol. The minimum absolute atomic E-state index is 0.713. The second-order valence-electron chi connectivity index (χ2n) is 21.2. The number of furan rings is 2. The summed E-state index contributed by atoms with van der Waals surface area (Å²) in [6.45, 7) is 4.25. The number of nitrogens with zero attached hydrogens (tertiary/aromatic N) is 2. The van der Waals surface area contributed by atoms with E-state index < -0.39 is 5.41 Å². The van der Waals surface area contributed by atoms with Crippen LogP contribution >= 0.6 is 0 Å². The molecule has 79 heavy (non-hydrogen) atoms. The third kappa shape index (κ3) is 6.62. The van der Waals surface area contributed by atoms with E-state index in [2.05, 4.69) is 291 Å². The van der Waals surface area contributed by atoms with E-state index in [4.69, 9.17) is 8.83 Å². The minimum atomic E-state index is -0.713. The van der Waals surface area contributed by atoms with Crippen LogP contribution in [0.2, 0.25) is 0 Å². The highest BCUT2D eigenvalue weighted by molar-refractivity contribution is 6.21. The zero-order valence-corrected chi connectivity index (χ0v) is 43.6. The molecular formula is C75H50N2O2. The molecule has 0 fully saturated rings. The summed E-state index contributed by atoms with van der Waals surface area (Å²) in [7, 11) is 0. The molecule has 4 nitrogen and oxygen atoms in total. The first-order valence-corrected chi connectivity index (χ1v) is 27.2. The van der Waals surface area contributed by atoms with Crippen molar-refractivity contribution in [1.29, 1.82) is 0 Å². The highest BCUT2D eigenvalue weighted by Crippen LogP contribution is 2.61. The molecule has 0 bridgehead atoms. The lowest BCUT2D eigenvalue weighted by Crippen LogP contribution is -2.29. The SMILES string of the molecule is Cc1cccc2c1oc1c(N(c3ccccc3)c3ccc4cc5c(cc4c3)C(c3ccccc3)(c3ccccc3)c3c-5c4ccccc4c4cc(N(c5ccccc5)c5cccc6c5oc5c(C)cccc56)ccc34)cccc12. The minimum Gasteiger partial charge on any atom is -0.454 e. The average molecular weight is 1010 g/mol. The van der Waals surface area contributed by atoms with Gasteiger partial charge in [0.15, 0.2) is 11.2 Å². The van der Waals surface area contributed by atoms with Crippen LogP contribution in [0.3, 0.4) is 0 Å². The predicted octanol–water partition coefficient (Wildman–Crippen LogP) is 20.9. The van der Waals surface area contributed by atoms with Gasteiger partial charge in [-0.15, -0.1) is 0 Å². The molecular weight excluding hydrogens is 961 g/mol. The van der Waals surface area contributed by atoms with Crippen LogP contribution in [-0.4, -0.2) is 0 Å². The number of benzene rings is 13. The van der Waals surface area contributed by atoms with Crippen molar-refractivity contribution >= 4 is 110 Å². The van der Waals surface area contributed by atoms with Crippen molar-refractivity contribution in [2.45, 2.75) is 19.3 Å². The second-order valence-corrected chi connectivity index (χ2v) is 21.2. The molecule has 0 N–H and O–H groups in total. The van der Waals surface area contributed by atoms with E-state index in [9.17, 15) is 0 Å². The quantitative estimate of drug-likeness (QED) is 0.142. The van der Waals surface area contributed by atoms with Gasteiger partial charge in [0, 0.05) is 44.3 Å². The molecule has 0 aliphatic heterocycles. The van der Waals surface area contributed by atoms with Gasteiger partial charge in [-0.05, 0) is 163 Å². The molecule has 1 aliphatic rings. The fourth-order valence-electron chi connectivity index (χ4n) is 13.5. The summed E-state index contributed by atoms with van der Waals surface area (Å²) in [5, 5.41) is 11.6. The van der Waals surface area contributed by atoms with Crippen molar-refractivity contribution in [2.24, 2.45) is 0 Å². The van der Waals surface area contributed by atoms with E-state index in [0.29, 0.717) is 0 Å². The normalized spacial score (nSPS) is 12.8. The van der Waals surface area contributed by atoms with Gasteiger partial charge in [0.2, 0.25) is 0 Å². The van der Waals surface area contributed by atoms with Crippen LogP contribution in [0.15, 0.2) is 276 Å². The largest absolute Gasteiger partial charge is 0.454 e. The van der Waals surface area contributed by atoms with Crippen LogP contribution in [-0.2, 0) is 5.41 Å². The topological polar surface area (TPSA) is 32.8 Å². The van der Waals surface area contributed by atoms with E-state index >= 15 is 0 Å². The first-order chi connectivity index (χ1) is 39.0. The molecule has 0 spiro atoms. The van der Waals surface area contributed by atoms with Crippen molar-refractivity contribution in [2.75, 3.05) is 9.80 Å². The molecule has 372 valence electrons. The van der Waals surface area contributed by atoms with Gasteiger partial charge in [-0.1, -0.05) is 194 Å². The highest BCUT2D eigenvalue weighted by Gasteiger charge is 2.48. The molecule has 0 radical (unpaired) electrons. The maximum absolute atomic E-state index is 6.90. The number of fused-ring (bicyclic) bond motifs is 15. The third-order valence-corrected chi connectivity index (χ3v) is 16.9. The lowest BCUT2D eigenvalue weighted by Gasteiger charge is -2.35. The number of anilines is 6. The summed E-state index contributed by atoms with van der Waals surface area (Å²) >= 11 is 0. The Labute approximate surface area is 457 Å². The van der Waals surface area contributed by atoms with Gasteiger partial charge in [-0.25, -0.2) is 0 Å². The van der Waals surface area contributed by atoms with E-state index in [-0.39, 0.29) is 0 Å².